The molecule has 180 valence electrons. The third kappa shape index (κ3) is 3.24. The molecule has 1 fully saturated rings. The van der Waals surface area contributed by atoms with E-state index >= 15 is 0 Å². The second-order valence-corrected chi connectivity index (χ2v) is 9.00. The van der Waals surface area contributed by atoms with E-state index in [2.05, 4.69) is 16.4 Å². The Labute approximate surface area is 204 Å². The highest BCUT2D eigenvalue weighted by atomic mass is 16.5. The maximum Gasteiger partial charge on any atom is 0.177 e. The lowest BCUT2D eigenvalue weighted by Crippen LogP contribution is -2.52. The van der Waals surface area contributed by atoms with Gasteiger partial charge >= 0.3 is 0 Å². The number of nitrogens with one attached hydrogen (secondary N) is 1. The maximum atomic E-state index is 12.7. The second-order valence-electron chi connectivity index (χ2n) is 9.00. The molecule has 2 aromatic carbocycles. The number of pyridine rings is 1. The first-order valence-corrected chi connectivity index (χ1v) is 11.6. The Hall–Kier alpha value is -3.48. The van der Waals surface area contributed by atoms with Crippen molar-refractivity contribution in [1.29, 1.82) is 5.26 Å². The fourth-order valence-corrected chi connectivity index (χ4v) is 5.92. The molecule has 0 bridgehead atoms. The Morgan fingerprint density at radius 2 is 1.91 bits per heavy atom. The second kappa shape index (κ2) is 8.95. The first-order chi connectivity index (χ1) is 17.0. The normalized spacial score (nSPS) is 28.6. The smallest absolute Gasteiger partial charge is 0.177 e. The standard InChI is InChI=1S/C27H28N4O4/c1-34-21-15-31-16-22-24(21)26(33)25(32)20(14-30-12-11-28)23(18-5-3-2-4-6-18)27(26,35-22)19-9-7-17(13-29)8-10-19/h2-10,15-16,20,23,25,30,32-33H,11-12,14,28H2,1H3/t20?,23-,25-,26+,27+/m1/s1. The predicted molar refractivity (Wildman–Crippen MR) is 129 cm³/mol. The van der Waals surface area contributed by atoms with Crippen LogP contribution in [0.3, 0.4) is 0 Å². The number of methoxy groups -OCH3 is 1. The molecule has 8 nitrogen and oxygen atoms in total. The molecule has 5 atom stereocenters. The first-order valence-electron chi connectivity index (χ1n) is 11.6. The molecule has 0 radical (unpaired) electrons. The van der Waals surface area contributed by atoms with Crippen molar-refractivity contribution >= 4 is 0 Å². The van der Waals surface area contributed by atoms with Gasteiger partial charge in [-0.15, -0.1) is 0 Å². The van der Waals surface area contributed by atoms with Gasteiger partial charge in [0.1, 0.15) is 11.5 Å². The van der Waals surface area contributed by atoms with Crippen molar-refractivity contribution in [3.8, 4) is 17.6 Å². The van der Waals surface area contributed by atoms with E-state index in [-0.39, 0.29) is 0 Å². The number of aliphatic hydroxyl groups is 2. The number of aliphatic hydroxyl groups excluding tert-OH is 1. The summed E-state index contributed by atoms with van der Waals surface area (Å²) in [6, 6.07) is 18.8. The lowest BCUT2D eigenvalue weighted by molar-refractivity contribution is -0.152. The summed E-state index contributed by atoms with van der Waals surface area (Å²) in [7, 11) is 1.50. The fraction of sp³-hybridized carbons (Fsp3) is 0.333. The van der Waals surface area contributed by atoms with Crippen molar-refractivity contribution in [2.24, 2.45) is 11.7 Å². The van der Waals surface area contributed by atoms with Crippen LogP contribution in [0.1, 0.15) is 28.2 Å². The van der Waals surface area contributed by atoms with E-state index in [1.54, 1.807) is 24.3 Å². The molecular weight excluding hydrogens is 444 g/mol. The van der Waals surface area contributed by atoms with E-state index in [0.29, 0.717) is 47.8 Å². The SMILES string of the molecule is COc1cncc2c1[C@]1(O)[C@H](O)C(CNCCN)[C@@H](c3ccccc3)[C@]1(c1ccc(C#N)cc1)O2. The first kappa shape index (κ1) is 23.3. The zero-order valence-corrected chi connectivity index (χ0v) is 19.4. The van der Waals surface area contributed by atoms with Crippen LogP contribution in [0.25, 0.3) is 0 Å². The number of aromatic nitrogens is 1. The quantitative estimate of drug-likeness (QED) is 0.382. The van der Waals surface area contributed by atoms with Gasteiger partial charge in [-0.1, -0.05) is 42.5 Å². The van der Waals surface area contributed by atoms with E-state index in [1.807, 2.05) is 30.3 Å². The van der Waals surface area contributed by atoms with Crippen molar-refractivity contribution in [1.82, 2.24) is 10.3 Å². The molecule has 0 amide bonds. The van der Waals surface area contributed by atoms with Crippen molar-refractivity contribution in [2.75, 3.05) is 26.7 Å². The molecule has 1 aliphatic heterocycles. The van der Waals surface area contributed by atoms with Gasteiger partial charge in [0, 0.05) is 31.5 Å². The molecule has 5 N–H and O–H groups in total. The van der Waals surface area contributed by atoms with E-state index in [9.17, 15) is 15.5 Å². The number of ether oxygens (including phenoxy) is 2. The zero-order valence-electron chi connectivity index (χ0n) is 19.4. The Kier molecular flexibility index (Phi) is 5.95. The van der Waals surface area contributed by atoms with Crippen LogP contribution in [-0.4, -0.2) is 48.0 Å². The van der Waals surface area contributed by atoms with Crippen LogP contribution in [0.5, 0.6) is 11.5 Å². The molecule has 1 aliphatic carbocycles. The minimum Gasteiger partial charge on any atom is -0.495 e. The average molecular weight is 473 g/mol. The van der Waals surface area contributed by atoms with Crippen LogP contribution in [0.4, 0.5) is 0 Å². The highest BCUT2D eigenvalue weighted by Crippen LogP contribution is 2.69. The molecule has 1 unspecified atom stereocenters. The molecule has 35 heavy (non-hydrogen) atoms. The minimum absolute atomic E-state index is 0.335. The molecule has 8 heteroatoms. The van der Waals surface area contributed by atoms with Crippen LogP contribution in [0, 0.1) is 17.2 Å². The number of nitrogens with zero attached hydrogens (tertiary/aromatic N) is 2. The Bertz CT molecular complexity index is 1250. The third-order valence-corrected chi connectivity index (χ3v) is 7.32. The molecule has 0 spiro atoms. The van der Waals surface area contributed by atoms with Gasteiger partial charge in [0.25, 0.3) is 0 Å². The number of rotatable bonds is 7. The lowest BCUT2D eigenvalue weighted by atomic mass is 9.70. The van der Waals surface area contributed by atoms with Crippen molar-refractivity contribution in [3.05, 3.63) is 89.2 Å². The number of hydrogen-bond donors (Lipinski definition) is 4. The topological polar surface area (TPSA) is 134 Å². The van der Waals surface area contributed by atoms with Gasteiger partial charge in [-0.05, 0) is 23.3 Å². The largest absolute Gasteiger partial charge is 0.495 e. The summed E-state index contributed by atoms with van der Waals surface area (Å²) in [5.74, 6) is -0.207. The molecule has 2 heterocycles. The summed E-state index contributed by atoms with van der Waals surface area (Å²) in [5.41, 5.74) is 4.85. The van der Waals surface area contributed by atoms with Crippen LogP contribution >= 0.6 is 0 Å². The van der Waals surface area contributed by atoms with Gasteiger partial charge < -0.3 is 30.7 Å². The molecule has 1 aromatic heterocycles. The van der Waals surface area contributed by atoms with E-state index in [4.69, 9.17) is 15.2 Å². The molecule has 0 saturated heterocycles. The molecule has 5 rings (SSSR count). The van der Waals surface area contributed by atoms with Gasteiger partial charge in [-0.3, -0.25) is 4.98 Å². The van der Waals surface area contributed by atoms with E-state index < -0.39 is 29.1 Å². The average Bonchev–Trinajstić information content (AvgIpc) is 3.28. The molecule has 1 saturated carbocycles. The van der Waals surface area contributed by atoms with Gasteiger partial charge in [-0.2, -0.15) is 5.26 Å². The number of benzene rings is 2. The van der Waals surface area contributed by atoms with Gasteiger partial charge in [-0.25, -0.2) is 0 Å². The zero-order chi connectivity index (χ0) is 24.6. The number of hydrogen-bond acceptors (Lipinski definition) is 8. The van der Waals surface area contributed by atoms with Gasteiger partial charge in [0.2, 0.25) is 0 Å². The van der Waals surface area contributed by atoms with Crippen LogP contribution in [0.15, 0.2) is 67.0 Å². The Balaban J connectivity index is 1.80. The summed E-state index contributed by atoms with van der Waals surface area (Å²) in [5, 5.41) is 37.2. The van der Waals surface area contributed by atoms with Crippen LogP contribution in [-0.2, 0) is 11.2 Å². The molecule has 2 aliphatic rings. The summed E-state index contributed by atoms with van der Waals surface area (Å²) in [4.78, 5) is 4.23. The molecular formula is C27H28N4O4. The van der Waals surface area contributed by atoms with Crippen molar-refractivity contribution in [2.45, 2.75) is 23.2 Å². The number of nitrogens with two attached hydrogens (primary N) is 1. The number of fused-ring (bicyclic) bond motifs is 3. The summed E-state index contributed by atoms with van der Waals surface area (Å²) in [6.45, 7) is 1.42. The minimum atomic E-state index is -1.86. The maximum absolute atomic E-state index is 12.7. The summed E-state index contributed by atoms with van der Waals surface area (Å²) < 4.78 is 12.3. The van der Waals surface area contributed by atoms with Crippen molar-refractivity contribution in [3.63, 3.8) is 0 Å². The Morgan fingerprint density at radius 1 is 1.17 bits per heavy atom. The fourth-order valence-electron chi connectivity index (χ4n) is 5.92. The van der Waals surface area contributed by atoms with E-state index in [0.717, 1.165) is 5.56 Å². The summed E-state index contributed by atoms with van der Waals surface area (Å²) >= 11 is 0. The number of nitriles is 1. The van der Waals surface area contributed by atoms with Crippen LogP contribution in [0.2, 0.25) is 0 Å². The molecule has 3 aromatic rings. The highest BCUT2D eigenvalue weighted by molar-refractivity contribution is 5.59. The monoisotopic (exact) mass is 472 g/mol. The predicted octanol–water partition coefficient (Wildman–Crippen LogP) is 1.76. The van der Waals surface area contributed by atoms with Gasteiger partial charge in [0.15, 0.2) is 11.2 Å². The van der Waals surface area contributed by atoms with Crippen LogP contribution < -0.4 is 20.5 Å². The summed E-state index contributed by atoms with van der Waals surface area (Å²) in [6.07, 6.45) is 1.83. The third-order valence-electron chi connectivity index (χ3n) is 7.32. The van der Waals surface area contributed by atoms with E-state index in [1.165, 1.54) is 19.5 Å². The Morgan fingerprint density at radius 3 is 2.57 bits per heavy atom. The highest BCUT2D eigenvalue weighted by Gasteiger charge is 2.76. The lowest BCUT2D eigenvalue weighted by Gasteiger charge is -2.41. The van der Waals surface area contributed by atoms with Crippen molar-refractivity contribution < 1.29 is 19.7 Å². The van der Waals surface area contributed by atoms with Gasteiger partial charge in [0.05, 0.1) is 42.8 Å².